The van der Waals surface area contributed by atoms with Crippen molar-refractivity contribution in [2.24, 2.45) is 0 Å². The molecule has 0 atom stereocenters. The molecule has 0 amide bonds. The molecule has 0 fully saturated rings. The average molecular weight is 141 g/mol. The second-order valence-corrected chi connectivity index (χ2v) is 1.09. The van der Waals surface area contributed by atoms with Crippen molar-refractivity contribution in [3.63, 3.8) is 0 Å². The highest BCUT2D eigenvalue weighted by atomic mass is 79.9. The predicted molar refractivity (Wildman–Crippen MR) is 21.4 cm³/mol. The standard InChI is InChI=1S/C2H3BrO2/c3-1-2(4)5/h1H2,(H,4,5)/i2+2. The molecule has 0 aliphatic rings. The van der Waals surface area contributed by atoms with E-state index < -0.39 is 5.97 Å². The molecule has 0 aromatic carbocycles. The van der Waals surface area contributed by atoms with Crippen LogP contribution in [0, 0.1) is 0 Å². The van der Waals surface area contributed by atoms with Gasteiger partial charge >= 0.3 is 5.97 Å². The molecule has 0 bridgehead atoms. The molecule has 0 aliphatic heterocycles. The van der Waals surface area contributed by atoms with E-state index in [9.17, 15) is 4.79 Å². The third kappa shape index (κ3) is 3.95. The first-order valence-corrected chi connectivity index (χ1v) is 2.17. The summed E-state index contributed by atoms with van der Waals surface area (Å²) in [5, 5.41) is 7.71. The van der Waals surface area contributed by atoms with Crippen LogP contribution in [0.25, 0.3) is 0 Å². The summed E-state index contributed by atoms with van der Waals surface area (Å²) in [5.74, 6) is -0.829. The van der Waals surface area contributed by atoms with Gasteiger partial charge in [-0.3, -0.25) is 4.79 Å². The molecule has 30 valence electrons. The number of carboxylic acids is 1. The summed E-state index contributed by atoms with van der Waals surface area (Å²) in [6, 6.07) is 0. The van der Waals surface area contributed by atoms with Gasteiger partial charge in [0, 0.05) is 0 Å². The lowest BCUT2D eigenvalue weighted by atomic mass is 11.5. The van der Waals surface area contributed by atoms with Gasteiger partial charge in [-0.05, 0) is 0 Å². The summed E-state index contributed by atoms with van der Waals surface area (Å²) in [6.45, 7) is 0. The van der Waals surface area contributed by atoms with Crippen molar-refractivity contribution >= 4 is 21.9 Å². The van der Waals surface area contributed by atoms with Crippen LogP contribution in [0.15, 0.2) is 0 Å². The van der Waals surface area contributed by atoms with Gasteiger partial charge in [0.05, 0.1) is 0 Å². The maximum absolute atomic E-state index is 9.32. The number of rotatable bonds is 1. The van der Waals surface area contributed by atoms with Gasteiger partial charge in [0.15, 0.2) is 0 Å². The lowest BCUT2D eigenvalue weighted by Gasteiger charge is -1.70. The van der Waals surface area contributed by atoms with E-state index in [1.54, 1.807) is 0 Å². The van der Waals surface area contributed by atoms with Crippen LogP contribution in [-0.2, 0) is 4.79 Å². The molecule has 0 spiro atoms. The number of hydrogen-bond donors (Lipinski definition) is 1. The molecule has 0 saturated carbocycles. The minimum Gasteiger partial charge on any atom is -0.481 e. The summed E-state index contributed by atoms with van der Waals surface area (Å²) in [4.78, 5) is 9.32. The molecule has 0 unspecified atom stereocenters. The first-order valence-electron chi connectivity index (χ1n) is 1.05. The van der Waals surface area contributed by atoms with Crippen molar-refractivity contribution in [3.05, 3.63) is 0 Å². The van der Waals surface area contributed by atoms with Gasteiger partial charge in [-0.1, -0.05) is 15.9 Å². The predicted octanol–water partition coefficient (Wildman–Crippen LogP) is 0.466. The maximum Gasteiger partial charge on any atom is 0.314 e. The van der Waals surface area contributed by atoms with E-state index in [0.29, 0.717) is 0 Å². The summed E-state index contributed by atoms with van der Waals surface area (Å²) in [5.41, 5.74) is 0. The monoisotopic (exact) mass is 140 g/mol. The Morgan fingerprint density at radius 1 is 2.00 bits per heavy atom. The Balaban J connectivity index is 2.85. The largest absolute Gasteiger partial charge is 0.481 e. The zero-order valence-electron chi connectivity index (χ0n) is 2.44. The van der Waals surface area contributed by atoms with Crippen molar-refractivity contribution in [2.75, 3.05) is 5.33 Å². The van der Waals surface area contributed by atoms with Gasteiger partial charge < -0.3 is 5.11 Å². The Bertz CT molecular complexity index is 42.9. The van der Waals surface area contributed by atoms with Crippen LogP contribution in [0.3, 0.4) is 0 Å². The molecular weight excluding hydrogens is 138 g/mol. The van der Waals surface area contributed by atoms with Gasteiger partial charge in [-0.25, -0.2) is 0 Å². The van der Waals surface area contributed by atoms with Gasteiger partial charge in [0.2, 0.25) is 0 Å². The zero-order chi connectivity index (χ0) is 4.28. The van der Waals surface area contributed by atoms with Crippen molar-refractivity contribution in [1.82, 2.24) is 0 Å². The number of aliphatic carboxylic acids is 1. The average Bonchev–Trinajstić information content (AvgIpc) is 1.38. The molecule has 1 N–H and O–H groups in total. The van der Waals surface area contributed by atoms with Crippen LogP contribution < -0.4 is 0 Å². The molecule has 3 heteroatoms. The minimum absolute atomic E-state index is 0.0347. The number of hydrogen-bond acceptors (Lipinski definition) is 1. The van der Waals surface area contributed by atoms with E-state index in [2.05, 4.69) is 15.9 Å². The topological polar surface area (TPSA) is 37.3 Å². The maximum atomic E-state index is 9.32. The van der Waals surface area contributed by atoms with Gasteiger partial charge in [0.1, 0.15) is 5.33 Å². The van der Waals surface area contributed by atoms with Gasteiger partial charge in [0.25, 0.3) is 0 Å². The molecule has 0 heterocycles. The molecule has 0 radical (unpaired) electrons. The van der Waals surface area contributed by atoms with E-state index in [1.165, 1.54) is 0 Å². The summed E-state index contributed by atoms with van der Waals surface area (Å²) in [7, 11) is 0. The van der Waals surface area contributed by atoms with E-state index in [-0.39, 0.29) is 5.33 Å². The fourth-order valence-electron chi connectivity index (χ4n) is 0. The van der Waals surface area contributed by atoms with Crippen LogP contribution in [0.2, 0.25) is 0 Å². The molecule has 0 aromatic rings. The Morgan fingerprint density at radius 2 is 2.20 bits per heavy atom. The van der Waals surface area contributed by atoms with Crippen LogP contribution in [0.1, 0.15) is 0 Å². The summed E-state index contributed by atoms with van der Waals surface area (Å²) < 4.78 is 0. The Hall–Kier alpha value is -0.0500. The van der Waals surface area contributed by atoms with Crippen molar-refractivity contribution in [3.8, 4) is 0 Å². The minimum atomic E-state index is -0.829. The van der Waals surface area contributed by atoms with Crippen molar-refractivity contribution in [2.45, 2.75) is 0 Å². The van der Waals surface area contributed by atoms with E-state index in [0.717, 1.165) is 0 Å². The fraction of sp³-hybridized carbons (Fsp3) is 0.500. The van der Waals surface area contributed by atoms with Crippen LogP contribution in [-0.4, -0.2) is 16.4 Å². The van der Waals surface area contributed by atoms with E-state index >= 15 is 0 Å². The second-order valence-electron chi connectivity index (χ2n) is 0.527. The molecule has 2 nitrogen and oxygen atoms in total. The molecule has 0 rings (SSSR count). The number of carboxylic acid groups (broad SMARTS) is 1. The normalized spacial score (nSPS) is 7.40. The highest BCUT2D eigenvalue weighted by molar-refractivity contribution is 9.09. The first-order chi connectivity index (χ1) is 2.27. The molecule has 0 aromatic heterocycles. The van der Waals surface area contributed by atoms with E-state index in [4.69, 9.17) is 5.11 Å². The Morgan fingerprint density at radius 3 is 2.20 bits per heavy atom. The first kappa shape index (κ1) is 4.95. The zero-order valence-corrected chi connectivity index (χ0v) is 4.03. The molecule has 0 aliphatic carbocycles. The van der Waals surface area contributed by atoms with Gasteiger partial charge in [-0.15, -0.1) is 0 Å². The summed E-state index contributed by atoms with van der Waals surface area (Å²) in [6.07, 6.45) is 0. The van der Waals surface area contributed by atoms with Crippen molar-refractivity contribution < 1.29 is 9.90 Å². The highest BCUT2D eigenvalue weighted by Crippen LogP contribution is 1.73. The molecule has 0 saturated heterocycles. The van der Waals surface area contributed by atoms with Gasteiger partial charge in [-0.2, -0.15) is 0 Å². The SMILES string of the molecule is O=[14C](O)CBr. The van der Waals surface area contributed by atoms with E-state index in [1.807, 2.05) is 0 Å². The third-order valence-electron chi connectivity index (χ3n) is 0.114. The second kappa shape index (κ2) is 2.20. The number of carbonyl (C=O) groups is 1. The van der Waals surface area contributed by atoms with Crippen LogP contribution in [0.5, 0.6) is 0 Å². The Kier molecular flexibility index (Phi) is 2.18. The quantitative estimate of drug-likeness (QED) is 0.538. The third-order valence-corrected chi connectivity index (χ3v) is 0.594. The number of alkyl halides is 1. The smallest absolute Gasteiger partial charge is 0.314 e. The fourth-order valence-corrected chi connectivity index (χ4v) is 0. The molecule has 5 heavy (non-hydrogen) atoms. The summed E-state index contributed by atoms with van der Waals surface area (Å²) >= 11 is 2.71. The Labute approximate surface area is 37.9 Å². The van der Waals surface area contributed by atoms with Crippen LogP contribution in [0.4, 0.5) is 0 Å². The highest BCUT2D eigenvalue weighted by Gasteiger charge is 1.83. The number of halogens is 1. The van der Waals surface area contributed by atoms with Crippen molar-refractivity contribution in [1.29, 1.82) is 0 Å². The lowest BCUT2D eigenvalue weighted by Crippen LogP contribution is -1.92. The van der Waals surface area contributed by atoms with Crippen LogP contribution >= 0.6 is 15.9 Å². The lowest BCUT2D eigenvalue weighted by molar-refractivity contribution is -0.133. The molecular formula is C2H3BrO2.